The summed E-state index contributed by atoms with van der Waals surface area (Å²) in [7, 11) is 1.78. The first-order chi connectivity index (χ1) is 8.69. The SMILES string of the molecule is CCCNC(Cc1nnn(C)n1)c1cnc(C)s1. The van der Waals surface area contributed by atoms with Gasteiger partial charge in [-0.25, -0.2) is 4.98 Å². The lowest BCUT2D eigenvalue weighted by atomic mass is 10.1. The Labute approximate surface area is 110 Å². The Morgan fingerprint density at radius 1 is 1.50 bits per heavy atom. The zero-order chi connectivity index (χ0) is 13.0. The summed E-state index contributed by atoms with van der Waals surface area (Å²) in [4.78, 5) is 7.03. The highest BCUT2D eigenvalue weighted by molar-refractivity contribution is 7.11. The minimum Gasteiger partial charge on any atom is -0.309 e. The summed E-state index contributed by atoms with van der Waals surface area (Å²) in [5.41, 5.74) is 0. The highest BCUT2D eigenvalue weighted by Crippen LogP contribution is 2.22. The molecule has 0 saturated heterocycles. The zero-order valence-electron chi connectivity index (χ0n) is 10.9. The quantitative estimate of drug-likeness (QED) is 0.852. The van der Waals surface area contributed by atoms with Crippen LogP contribution in [0.2, 0.25) is 0 Å². The summed E-state index contributed by atoms with van der Waals surface area (Å²) in [5.74, 6) is 0.761. The van der Waals surface area contributed by atoms with Gasteiger partial charge in [0.05, 0.1) is 18.1 Å². The molecule has 1 atom stereocenters. The number of hydrogen-bond donors (Lipinski definition) is 1. The normalized spacial score (nSPS) is 12.8. The fourth-order valence-corrected chi connectivity index (χ4v) is 2.58. The second kappa shape index (κ2) is 6.01. The molecule has 0 fully saturated rings. The molecule has 0 radical (unpaired) electrons. The van der Waals surface area contributed by atoms with Gasteiger partial charge in [-0.1, -0.05) is 6.92 Å². The third-order valence-electron chi connectivity index (χ3n) is 2.56. The molecule has 0 bridgehead atoms. The molecule has 2 aromatic rings. The van der Waals surface area contributed by atoms with Crippen molar-refractivity contribution in [1.29, 1.82) is 0 Å². The van der Waals surface area contributed by atoms with Crippen LogP contribution in [0.3, 0.4) is 0 Å². The number of aryl methyl sites for hydroxylation is 2. The number of nitrogens with one attached hydrogen (secondary N) is 1. The molecule has 1 N–H and O–H groups in total. The first-order valence-electron chi connectivity index (χ1n) is 6.07. The second-order valence-electron chi connectivity index (χ2n) is 4.19. The van der Waals surface area contributed by atoms with E-state index in [4.69, 9.17) is 0 Å². The predicted octanol–water partition coefficient (Wildman–Crippen LogP) is 1.26. The van der Waals surface area contributed by atoms with Crippen LogP contribution in [0.15, 0.2) is 6.20 Å². The van der Waals surface area contributed by atoms with Crippen molar-refractivity contribution in [2.75, 3.05) is 6.54 Å². The fraction of sp³-hybridized carbons (Fsp3) is 0.636. The molecule has 2 heterocycles. The minimum absolute atomic E-state index is 0.223. The molecule has 2 aromatic heterocycles. The van der Waals surface area contributed by atoms with Crippen molar-refractivity contribution in [3.63, 3.8) is 0 Å². The molecule has 98 valence electrons. The van der Waals surface area contributed by atoms with E-state index in [9.17, 15) is 0 Å². The van der Waals surface area contributed by atoms with Crippen molar-refractivity contribution in [2.24, 2.45) is 7.05 Å². The Morgan fingerprint density at radius 3 is 2.89 bits per heavy atom. The summed E-state index contributed by atoms with van der Waals surface area (Å²) in [6.45, 7) is 5.15. The van der Waals surface area contributed by atoms with Gasteiger partial charge in [0.25, 0.3) is 0 Å². The van der Waals surface area contributed by atoms with Gasteiger partial charge in [-0.05, 0) is 25.1 Å². The predicted molar refractivity (Wildman–Crippen MR) is 70.4 cm³/mol. The van der Waals surface area contributed by atoms with Gasteiger partial charge < -0.3 is 5.32 Å². The van der Waals surface area contributed by atoms with Gasteiger partial charge in [0.1, 0.15) is 0 Å². The molecule has 0 amide bonds. The molecule has 0 aliphatic rings. The van der Waals surface area contributed by atoms with E-state index in [1.165, 1.54) is 9.67 Å². The van der Waals surface area contributed by atoms with E-state index in [1.54, 1.807) is 18.4 Å². The standard InChI is InChI=1S/C11H18N6S/c1-4-5-12-9(10-7-13-8(2)18-10)6-11-14-16-17(3)15-11/h7,9,12H,4-6H2,1-3H3. The summed E-state index contributed by atoms with van der Waals surface area (Å²) in [5, 5.41) is 16.7. The molecule has 18 heavy (non-hydrogen) atoms. The first-order valence-corrected chi connectivity index (χ1v) is 6.89. The van der Waals surface area contributed by atoms with Gasteiger partial charge in [0.2, 0.25) is 0 Å². The largest absolute Gasteiger partial charge is 0.309 e. The molecule has 6 nitrogen and oxygen atoms in total. The maximum Gasteiger partial charge on any atom is 0.176 e. The molecule has 0 spiro atoms. The number of hydrogen-bond acceptors (Lipinski definition) is 6. The number of tetrazole rings is 1. The first kappa shape index (κ1) is 13.1. The lowest BCUT2D eigenvalue weighted by Crippen LogP contribution is -2.23. The van der Waals surface area contributed by atoms with E-state index in [-0.39, 0.29) is 6.04 Å². The molecular formula is C11H18N6S. The summed E-state index contributed by atoms with van der Waals surface area (Å²) in [6.07, 6.45) is 3.78. The van der Waals surface area contributed by atoms with Crippen molar-refractivity contribution in [1.82, 2.24) is 30.5 Å². The molecule has 2 rings (SSSR count). The molecule has 0 aliphatic carbocycles. The van der Waals surface area contributed by atoms with E-state index in [0.29, 0.717) is 0 Å². The smallest absolute Gasteiger partial charge is 0.176 e. The van der Waals surface area contributed by atoms with Crippen LogP contribution in [0.1, 0.15) is 35.1 Å². The highest BCUT2D eigenvalue weighted by Gasteiger charge is 2.16. The Balaban J connectivity index is 2.09. The monoisotopic (exact) mass is 266 g/mol. The van der Waals surface area contributed by atoms with E-state index in [2.05, 4.69) is 32.6 Å². The van der Waals surface area contributed by atoms with Gasteiger partial charge in [0, 0.05) is 17.5 Å². The van der Waals surface area contributed by atoms with Crippen LogP contribution in [0.25, 0.3) is 0 Å². The molecule has 0 aromatic carbocycles. The average molecular weight is 266 g/mol. The van der Waals surface area contributed by atoms with Crippen LogP contribution in [0.4, 0.5) is 0 Å². The topological polar surface area (TPSA) is 68.5 Å². The van der Waals surface area contributed by atoms with Crippen molar-refractivity contribution >= 4 is 11.3 Å². The van der Waals surface area contributed by atoms with E-state index in [0.717, 1.165) is 30.2 Å². The Hall–Kier alpha value is -1.34. The maximum absolute atomic E-state index is 4.31. The van der Waals surface area contributed by atoms with Gasteiger partial charge in [-0.3, -0.25) is 0 Å². The Morgan fingerprint density at radius 2 is 2.33 bits per heavy atom. The lowest BCUT2D eigenvalue weighted by molar-refractivity contribution is 0.523. The van der Waals surface area contributed by atoms with Gasteiger partial charge in [0.15, 0.2) is 5.82 Å². The van der Waals surface area contributed by atoms with Crippen molar-refractivity contribution in [2.45, 2.75) is 32.7 Å². The van der Waals surface area contributed by atoms with Gasteiger partial charge in [-0.15, -0.1) is 21.5 Å². The molecule has 0 saturated carbocycles. The summed E-state index contributed by atoms with van der Waals surface area (Å²) in [6, 6.07) is 0.223. The second-order valence-corrected chi connectivity index (χ2v) is 5.45. The van der Waals surface area contributed by atoms with E-state index in [1.807, 2.05) is 13.1 Å². The minimum atomic E-state index is 0.223. The van der Waals surface area contributed by atoms with Crippen molar-refractivity contribution < 1.29 is 0 Å². The van der Waals surface area contributed by atoms with Crippen molar-refractivity contribution in [3.8, 4) is 0 Å². The van der Waals surface area contributed by atoms with Gasteiger partial charge in [-0.2, -0.15) is 4.80 Å². The third kappa shape index (κ3) is 3.33. The Bertz CT molecular complexity index is 491. The number of rotatable bonds is 6. The lowest BCUT2D eigenvalue weighted by Gasteiger charge is -2.14. The summed E-state index contributed by atoms with van der Waals surface area (Å²) < 4.78 is 0. The average Bonchev–Trinajstić information content (AvgIpc) is 2.93. The van der Waals surface area contributed by atoms with Crippen LogP contribution in [0.5, 0.6) is 0 Å². The molecule has 1 unspecified atom stereocenters. The van der Waals surface area contributed by atoms with Crippen LogP contribution in [-0.2, 0) is 13.5 Å². The van der Waals surface area contributed by atoms with E-state index < -0.39 is 0 Å². The zero-order valence-corrected chi connectivity index (χ0v) is 11.7. The van der Waals surface area contributed by atoms with Crippen LogP contribution in [-0.4, -0.2) is 31.7 Å². The van der Waals surface area contributed by atoms with E-state index >= 15 is 0 Å². The molecular weight excluding hydrogens is 248 g/mol. The summed E-state index contributed by atoms with van der Waals surface area (Å²) >= 11 is 1.72. The van der Waals surface area contributed by atoms with Crippen molar-refractivity contribution in [3.05, 3.63) is 21.9 Å². The highest BCUT2D eigenvalue weighted by atomic mass is 32.1. The fourth-order valence-electron chi connectivity index (χ4n) is 1.72. The van der Waals surface area contributed by atoms with Gasteiger partial charge >= 0.3 is 0 Å². The van der Waals surface area contributed by atoms with Crippen LogP contribution in [0, 0.1) is 6.92 Å². The Kier molecular flexibility index (Phi) is 4.38. The number of aromatic nitrogens is 5. The third-order valence-corrected chi connectivity index (χ3v) is 3.59. The molecule has 0 aliphatic heterocycles. The maximum atomic E-state index is 4.31. The number of nitrogens with zero attached hydrogens (tertiary/aromatic N) is 5. The molecule has 7 heteroatoms. The number of thiazole rings is 1. The van der Waals surface area contributed by atoms with Crippen LogP contribution < -0.4 is 5.32 Å². The van der Waals surface area contributed by atoms with Crippen LogP contribution >= 0.6 is 11.3 Å².